The molecule has 0 spiro atoms. The second kappa shape index (κ2) is 5.24. The van der Waals surface area contributed by atoms with Crippen LogP contribution in [0.1, 0.15) is 18.0 Å². The Hall–Kier alpha value is -2.51. The van der Waals surface area contributed by atoms with E-state index >= 15 is 0 Å². The maximum Gasteiger partial charge on any atom is 0.244 e. The van der Waals surface area contributed by atoms with Gasteiger partial charge in [-0.2, -0.15) is 0 Å². The highest BCUT2D eigenvalue weighted by Gasteiger charge is 2.53. The molecule has 2 rings (SSSR count). The molecule has 3 N–H and O–H groups in total. The van der Waals surface area contributed by atoms with Crippen LogP contribution in [0.5, 0.6) is 0 Å². The van der Waals surface area contributed by atoms with Crippen LogP contribution in [-0.4, -0.2) is 22.8 Å². The lowest BCUT2D eigenvalue weighted by atomic mass is 10.1. The Labute approximate surface area is 113 Å². The van der Waals surface area contributed by atoms with Crippen LogP contribution in [0.3, 0.4) is 0 Å². The molecule has 1 aliphatic rings. The van der Waals surface area contributed by atoms with Crippen LogP contribution in [0.2, 0.25) is 0 Å². The number of nitrogens with zero attached hydrogens (tertiary/aromatic N) is 1. The molecule has 1 aromatic carbocycles. The summed E-state index contributed by atoms with van der Waals surface area (Å²) >= 11 is 0. The summed E-state index contributed by atoms with van der Waals surface area (Å²) in [5.41, 5.74) is 5.08. The third-order valence-electron chi connectivity index (χ3n) is 3.15. The summed E-state index contributed by atoms with van der Waals surface area (Å²) in [4.78, 5) is 33.1. The number of primary amides is 1. The van der Waals surface area contributed by atoms with E-state index in [0.29, 0.717) is 0 Å². The quantitative estimate of drug-likeness (QED) is 0.589. The van der Waals surface area contributed by atoms with Crippen molar-refractivity contribution in [1.29, 1.82) is 0 Å². The minimum Gasteiger partial charge on any atom is -0.368 e. The summed E-state index contributed by atoms with van der Waals surface area (Å²) in [5, 5.41) is 12.8. The number of nitro groups is 1. The van der Waals surface area contributed by atoms with Gasteiger partial charge in [0.05, 0.1) is 0 Å². The Morgan fingerprint density at radius 1 is 1.45 bits per heavy atom. The van der Waals surface area contributed by atoms with Crippen LogP contribution in [0.4, 0.5) is 4.39 Å². The lowest BCUT2D eigenvalue weighted by Crippen LogP contribution is -2.39. The molecule has 0 bridgehead atoms. The molecule has 2 amide bonds. The van der Waals surface area contributed by atoms with Gasteiger partial charge in [0.2, 0.25) is 17.9 Å². The van der Waals surface area contributed by atoms with Crippen LogP contribution in [0.15, 0.2) is 24.3 Å². The predicted octanol–water partition coefficient (Wildman–Crippen LogP) is 0.134. The average Bonchev–Trinajstić information content (AvgIpc) is 3.16. The fourth-order valence-corrected chi connectivity index (χ4v) is 1.96. The van der Waals surface area contributed by atoms with Gasteiger partial charge in [0, 0.05) is 16.9 Å². The first-order valence-electron chi connectivity index (χ1n) is 5.89. The molecular formula is C12H12FN3O4. The molecule has 106 valence electrons. The van der Waals surface area contributed by atoms with Crippen LogP contribution in [0.25, 0.3) is 0 Å². The molecule has 0 radical (unpaired) electrons. The van der Waals surface area contributed by atoms with Crippen molar-refractivity contribution < 1.29 is 18.9 Å². The molecule has 1 aliphatic carbocycles. The fraction of sp³-hybridized carbons (Fsp3) is 0.333. The van der Waals surface area contributed by atoms with Crippen molar-refractivity contribution in [3.63, 3.8) is 0 Å². The molecule has 20 heavy (non-hydrogen) atoms. The summed E-state index contributed by atoms with van der Waals surface area (Å²) in [6.07, 6.45) is 0.113. The lowest BCUT2D eigenvalue weighted by Gasteiger charge is -2.16. The van der Waals surface area contributed by atoms with Crippen LogP contribution < -0.4 is 11.1 Å². The first-order chi connectivity index (χ1) is 9.41. The molecule has 1 fully saturated rings. The maximum absolute atomic E-state index is 13.6. The Balaban J connectivity index is 2.12. The van der Waals surface area contributed by atoms with Crippen LogP contribution in [0, 0.1) is 21.8 Å². The number of benzene rings is 1. The maximum atomic E-state index is 13.6. The van der Waals surface area contributed by atoms with E-state index in [1.54, 1.807) is 0 Å². The number of nitrogens with one attached hydrogen (secondary N) is 1. The Morgan fingerprint density at radius 3 is 2.60 bits per heavy atom. The average molecular weight is 281 g/mol. The zero-order valence-electron chi connectivity index (χ0n) is 10.3. The van der Waals surface area contributed by atoms with Gasteiger partial charge in [-0.1, -0.05) is 18.2 Å². The third kappa shape index (κ3) is 2.73. The fourth-order valence-electron chi connectivity index (χ4n) is 1.96. The van der Waals surface area contributed by atoms with E-state index in [1.165, 1.54) is 18.2 Å². The topological polar surface area (TPSA) is 115 Å². The van der Waals surface area contributed by atoms with E-state index in [0.717, 1.165) is 6.07 Å². The minimum absolute atomic E-state index is 0.0633. The van der Waals surface area contributed by atoms with E-state index in [2.05, 4.69) is 5.32 Å². The minimum atomic E-state index is -1.34. The van der Waals surface area contributed by atoms with E-state index < -0.39 is 40.6 Å². The van der Waals surface area contributed by atoms with Crippen LogP contribution >= 0.6 is 0 Å². The number of amides is 2. The third-order valence-corrected chi connectivity index (χ3v) is 3.15. The molecule has 0 aromatic heterocycles. The van der Waals surface area contributed by atoms with Gasteiger partial charge in [0.1, 0.15) is 17.8 Å². The largest absolute Gasteiger partial charge is 0.368 e. The summed E-state index contributed by atoms with van der Waals surface area (Å²) < 4.78 is 13.6. The lowest BCUT2D eigenvalue weighted by molar-refractivity contribution is -0.497. The number of rotatable bonds is 5. The summed E-state index contributed by atoms with van der Waals surface area (Å²) in [6, 6.07) is 3.11. The van der Waals surface area contributed by atoms with Gasteiger partial charge in [-0.25, -0.2) is 4.39 Å². The van der Waals surface area contributed by atoms with Crippen molar-refractivity contribution in [2.45, 2.75) is 18.5 Å². The summed E-state index contributed by atoms with van der Waals surface area (Å²) in [6.45, 7) is 0. The van der Waals surface area contributed by atoms with Crippen molar-refractivity contribution in [2.24, 2.45) is 11.7 Å². The normalized spacial score (nSPS) is 21.9. The van der Waals surface area contributed by atoms with Crippen molar-refractivity contribution >= 4 is 11.8 Å². The predicted molar refractivity (Wildman–Crippen MR) is 65.4 cm³/mol. The SMILES string of the molecule is NC(=O)[C@H](NC(=O)[C@@H]1C[C@H]1[N+](=O)[O-])c1ccccc1F. The zero-order chi connectivity index (χ0) is 14.9. The van der Waals surface area contributed by atoms with Gasteiger partial charge in [0.15, 0.2) is 0 Å². The van der Waals surface area contributed by atoms with E-state index in [9.17, 15) is 24.1 Å². The number of hydrogen-bond donors (Lipinski definition) is 2. The number of carbonyl (C=O) groups is 2. The highest BCUT2D eigenvalue weighted by Crippen LogP contribution is 2.33. The van der Waals surface area contributed by atoms with Crippen LogP contribution in [-0.2, 0) is 9.59 Å². The Bertz CT molecular complexity index is 578. The van der Waals surface area contributed by atoms with Crippen molar-refractivity contribution in [2.75, 3.05) is 0 Å². The second-order valence-corrected chi connectivity index (χ2v) is 4.56. The molecule has 1 saturated carbocycles. The van der Waals surface area contributed by atoms with E-state index in [1.807, 2.05) is 0 Å². The standard InChI is InChI=1S/C12H12FN3O4/c13-8-4-2-1-3-6(8)10(11(14)17)15-12(18)7-5-9(7)16(19)20/h1-4,7,9-10H,5H2,(H2,14,17)(H,15,18)/t7-,9-,10-/m1/s1. The molecule has 3 atom stereocenters. The molecule has 0 aliphatic heterocycles. The van der Waals surface area contributed by atoms with Gasteiger partial charge < -0.3 is 11.1 Å². The van der Waals surface area contributed by atoms with Gasteiger partial charge >= 0.3 is 0 Å². The molecule has 7 nitrogen and oxygen atoms in total. The molecule has 1 aromatic rings. The Kier molecular flexibility index (Phi) is 3.64. The monoisotopic (exact) mass is 281 g/mol. The number of nitrogens with two attached hydrogens (primary N) is 1. The number of halogens is 1. The van der Waals surface area contributed by atoms with E-state index in [4.69, 9.17) is 5.73 Å². The molecule has 8 heteroatoms. The first-order valence-corrected chi connectivity index (χ1v) is 5.89. The first kappa shape index (κ1) is 13.9. The van der Waals surface area contributed by atoms with Gasteiger partial charge in [-0.05, 0) is 6.07 Å². The summed E-state index contributed by atoms with van der Waals surface area (Å²) in [7, 11) is 0. The smallest absolute Gasteiger partial charge is 0.244 e. The molecule has 0 heterocycles. The van der Waals surface area contributed by atoms with Crippen molar-refractivity contribution in [3.05, 3.63) is 45.8 Å². The van der Waals surface area contributed by atoms with E-state index in [-0.39, 0.29) is 12.0 Å². The summed E-state index contributed by atoms with van der Waals surface area (Å²) in [5.74, 6) is -3.07. The molecule has 0 saturated heterocycles. The zero-order valence-corrected chi connectivity index (χ0v) is 10.3. The number of hydrogen-bond acceptors (Lipinski definition) is 4. The highest BCUT2D eigenvalue weighted by atomic mass is 19.1. The van der Waals surface area contributed by atoms with Crippen molar-refractivity contribution in [1.82, 2.24) is 5.32 Å². The highest BCUT2D eigenvalue weighted by molar-refractivity contribution is 5.89. The van der Waals surface area contributed by atoms with Crippen molar-refractivity contribution in [3.8, 4) is 0 Å². The van der Waals surface area contributed by atoms with Gasteiger partial charge in [-0.3, -0.25) is 19.7 Å². The van der Waals surface area contributed by atoms with Gasteiger partial charge in [-0.15, -0.1) is 0 Å². The second-order valence-electron chi connectivity index (χ2n) is 4.56. The molecule has 0 unspecified atom stereocenters. The molecular weight excluding hydrogens is 269 g/mol. The van der Waals surface area contributed by atoms with Gasteiger partial charge in [0.25, 0.3) is 0 Å². The Morgan fingerprint density at radius 2 is 2.10 bits per heavy atom. The number of carbonyl (C=O) groups excluding carboxylic acids is 2.